The van der Waals surface area contributed by atoms with Crippen LogP contribution in [0.3, 0.4) is 0 Å². The SMILES string of the molecule is N#Cc1ccc(C(F)(F)F)c(NCc2cccc(C(N)=O)c2)c1. The average molecular weight is 319 g/mol. The van der Waals surface area contributed by atoms with E-state index in [1.807, 2.05) is 0 Å². The van der Waals surface area contributed by atoms with Crippen molar-refractivity contribution in [3.63, 3.8) is 0 Å². The number of anilines is 1. The van der Waals surface area contributed by atoms with Gasteiger partial charge in [0.1, 0.15) is 0 Å². The maximum atomic E-state index is 13.0. The van der Waals surface area contributed by atoms with E-state index in [9.17, 15) is 18.0 Å². The Morgan fingerprint density at radius 3 is 2.57 bits per heavy atom. The zero-order valence-corrected chi connectivity index (χ0v) is 11.8. The molecule has 0 aliphatic carbocycles. The number of carbonyl (C=O) groups excluding carboxylic acids is 1. The molecule has 0 heterocycles. The van der Waals surface area contributed by atoms with Crippen LogP contribution in [0.4, 0.5) is 18.9 Å². The number of alkyl halides is 3. The van der Waals surface area contributed by atoms with E-state index in [1.165, 1.54) is 12.1 Å². The van der Waals surface area contributed by atoms with E-state index < -0.39 is 17.6 Å². The molecule has 0 saturated heterocycles. The number of primary amides is 1. The standard InChI is InChI=1S/C16H12F3N3O/c17-16(18,19)13-5-4-10(8-20)7-14(13)22-9-11-2-1-3-12(6-11)15(21)23/h1-7,22H,9H2,(H2,21,23). The lowest BCUT2D eigenvalue weighted by molar-refractivity contribution is -0.137. The van der Waals surface area contributed by atoms with Gasteiger partial charge in [0.15, 0.2) is 0 Å². The second kappa shape index (κ2) is 6.40. The highest BCUT2D eigenvalue weighted by molar-refractivity contribution is 5.92. The van der Waals surface area contributed by atoms with Crippen LogP contribution in [-0.2, 0) is 12.7 Å². The van der Waals surface area contributed by atoms with E-state index in [0.717, 1.165) is 18.2 Å². The van der Waals surface area contributed by atoms with Crippen molar-refractivity contribution in [2.75, 3.05) is 5.32 Å². The van der Waals surface area contributed by atoms with Crippen LogP contribution in [0.25, 0.3) is 0 Å². The quantitative estimate of drug-likeness (QED) is 0.907. The third kappa shape index (κ3) is 4.01. The van der Waals surface area contributed by atoms with Crippen LogP contribution in [-0.4, -0.2) is 5.91 Å². The lowest BCUT2D eigenvalue weighted by Crippen LogP contribution is -2.13. The number of carbonyl (C=O) groups is 1. The summed E-state index contributed by atoms with van der Waals surface area (Å²) in [6.45, 7) is 0.0546. The third-order valence-corrected chi connectivity index (χ3v) is 3.15. The van der Waals surface area contributed by atoms with Crippen molar-refractivity contribution in [3.05, 3.63) is 64.7 Å². The van der Waals surface area contributed by atoms with E-state index in [4.69, 9.17) is 11.0 Å². The van der Waals surface area contributed by atoms with Crippen LogP contribution < -0.4 is 11.1 Å². The van der Waals surface area contributed by atoms with E-state index in [2.05, 4.69) is 5.32 Å². The Kier molecular flexibility index (Phi) is 4.55. The molecule has 7 heteroatoms. The molecule has 0 fully saturated rings. The Labute approximate surface area is 130 Å². The van der Waals surface area contributed by atoms with Crippen molar-refractivity contribution >= 4 is 11.6 Å². The van der Waals surface area contributed by atoms with Crippen LogP contribution in [0, 0.1) is 11.3 Å². The number of nitrogens with zero attached hydrogens (tertiary/aromatic N) is 1. The van der Waals surface area contributed by atoms with Gasteiger partial charge in [0.25, 0.3) is 0 Å². The summed E-state index contributed by atoms with van der Waals surface area (Å²) in [4.78, 5) is 11.1. The molecule has 3 N–H and O–H groups in total. The predicted octanol–water partition coefficient (Wildman–Crippen LogP) is 3.29. The Morgan fingerprint density at radius 2 is 1.96 bits per heavy atom. The number of rotatable bonds is 4. The number of nitriles is 1. The predicted molar refractivity (Wildman–Crippen MR) is 78.4 cm³/mol. The van der Waals surface area contributed by atoms with Gasteiger partial charge in [-0.05, 0) is 35.9 Å². The van der Waals surface area contributed by atoms with E-state index >= 15 is 0 Å². The Bertz CT molecular complexity index is 779. The number of halogens is 3. The molecule has 1 amide bonds. The summed E-state index contributed by atoms with van der Waals surface area (Å²) in [7, 11) is 0. The molecule has 0 radical (unpaired) electrons. The van der Waals surface area contributed by atoms with Gasteiger partial charge in [-0.2, -0.15) is 18.4 Å². The van der Waals surface area contributed by atoms with Gasteiger partial charge in [0.05, 0.1) is 17.2 Å². The summed E-state index contributed by atoms with van der Waals surface area (Å²) in [6.07, 6.45) is -4.54. The molecule has 0 saturated carbocycles. The topological polar surface area (TPSA) is 78.9 Å². The molecule has 2 aromatic rings. The Balaban J connectivity index is 2.28. The zero-order valence-electron chi connectivity index (χ0n) is 11.8. The summed E-state index contributed by atoms with van der Waals surface area (Å²) in [6, 6.07) is 11.2. The first-order valence-electron chi connectivity index (χ1n) is 6.55. The summed E-state index contributed by atoms with van der Waals surface area (Å²) >= 11 is 0. The molecule has 0 bridgehead atoms. The molecular weight excluding hydrogens is 307 g/mol. The van der Waals surface area contributed by atoms with Crippen LogP contribution in [0.2, 0.25) is 0 Å². The number of benzene rings is 2. The summed E-state index contributed by atoms with van der Waals surface area (Å²) < 4.78 is 39.0. The first-order chi connectivity index (χ1) is 10.8. The molecular formula is C16H12F3N3O. The van der Waals surface area contributed by atoms with Gasteiger partial charge < -0.3 is 11.1 Å². The van der Waals surface area contributed by atoms with Gasteiger partial charge in [-0.25, -0.2) is 0 Å². The molecule has 0 atom stereocenters. The summed E-state index contributed by atoms with van der Waals surface area (Å²) in [5, 5.41) is 11.5. The molecule has 4 nitrogen and oxygen atoms in total. The molecule has 0 aliphatic rings. The number of nitrogens with one attached hydrogen (secondary N) is 1. The van der Waals surface area contributed by atoms with Crippen molar-refractivity contribution in [1.29, 1.82) is 5.26 Å². The number of amides is 1. The lowest BCUT2D eigenvalue weighted by Gasteiger charge is -2.15. The number of nitrogens with two attached hydrogens (primary N) is 1. The minimum Gasteiger partial charge on any atom is -0.380 e. The smallest absolute Gasteiger partial charge is 0.380 e. The fourth-order valence-corrected chi connectivity index (χ4v) is 2.04. The lowest BCUT2D eigenvalue weighted by atomic mass is 10.1. The Hall–Kier alpha value is -3.01. The maximum Gasteiger partial charge on any atom is 0.418 e. The highest BCUT2D eigenvalue weighted by Gasteiger charge is 2.33. The fraction of sp³-hybridized carbons (Fsp3) is 0.125. The maximum absolute atomic E-state index is 13.0. The molecule has 0 aromatic heterocycles. The van der Waals surface area contributed by atoms with Gasteiger partial charge in [0.2, 0.25) is 5.91 Å². The van der Waals surface area contributed by atoms with Crippen molar-refractivity contribution < 1.29 is 18.0 Å². The van der Waals surface area contributed by atoms with Crippen molar-refractivity contribution in [2.45, 2.75) is 12.7 Å². The minimum absolute atomic E-state index is 0.0546. The largest absolute Gasteiger partial charge is 0.418 e. The van der Waals surface area contributed by atoms with Gasteiger partial charge in [0, 0.05) is 17.8 Å². The highest BCUT2D eigenvalue weighted by Crippen LogP contribution is 2.35. The van der Waals surface area contributed by atoms with E-state index in [1.54, 1.807) is 18.2 Å². The Morgan fingerprint density at radius 1 is 1.22 bits per heavy atom. The summed E-state index contributed by atoms with van der Waals surface area (Å²) in [5.41, 5.74) is 5.09. The van der Waals surface area contributed by atoms with E-state index in [-0.39, 0.29) is 23.4 Å². The first-order valence-corrected chi connectivity index (χ1v) is 6.55. The zero-order chi connectivity index (χ0) is 17.0. The molecule has 0 spiro atoms. The summed E-state index contributed by atoms with van der Waals surface area (Å²) in [5.74, 6) is -0.616. The van der Waals surface area contributed by atoms with Gasteiger partial charge in [-0.15, -0.1) is 0 Å². The molecule has 2 rings (SSSR count). The van der Waals surface area contributed by atoms with Crippen molar-refractivity contribution in [2.24, 2.45) is 5.73 Å². The van der Waals surface area contributed by atoms with Crippen LogP contribution in [0.15, 0.2) is 42.5 Å². The van der Waals surface area contributed by atoms with E-state index in [0.29, 0.717) is 5.56 Å². The second-order valence-corrected chi connectivity index (χ2v) is 4.79. The fourth-order valence-electron chi connectivity index (χ4n) is 2.04. The molecule has 118 valence electrons. The van der Waals surface area contributed by atoms with Gasteiger partial charge in [-0.3, -0.25) is 4.79 Å². The molecule has 23 heavy (non-hydrogen) atoms. The van der Waals surface area contributed by atoms with Crippen LogP contribution in [0.5, 0.6) is 0 Å². The number of hydrogen-bond acceptors (Lipinski definition) is 3. The monoisotopic (exact) mass is 319 g/mol. The molecule has 0 unspecified atom stereocenters. The molecule has 0 aliphatic heterocycles. The number of hydrogen-bond donors (Lipinski definition) is 2. The third-order valence-electron chi connectivity index (χ3n) is 3.15. The van der Waals surface area contributed by atoms with Crippen molar-refractivity contribution in [3.8, 4) is 6.07 Å². The second-order valence-electron chi connectivity index (χ2n) is 4.79. The normalized spacial score (nSPS) is 10.9. The minimum atomic E-state index is -4.54. The van der Waals surface area contributed by atoms with Crippen molar-refractivity contribution in [1.82, 2.24) is 0 Å². The highest BCUT2D eigenvalue weighted by atomic mass is 19.4. The molecule has 2 aromatic carbocycles. The average Bonchev–Trinajstić information content (AvgIpc) is 2.52. The van der Waals surface area contributed by atoms with Gasteiger partial charge >= 0.3 is 6.18 Å². The van der Waals surface area contributed by atoms with Crippen LogP contribution in [0.1, 0.15) is 27.0 Å². The van der Waals surface area contributed by atoms with Crippen LogP contribution >= 0.6 is 0 Å². The van der Waals surface area contributed by atoms with Gasteiger partial charge in [-0.1, -0.05) is 12.1 Å². The first kappa shape index (κ1) is 16.4.